The Kier molecular flexibility index (Phi) is 6.59. The number of hydrogen-bond donors (Lipinski definition) is 4. The number of H-pyrrole nitrogens is 1. The highest BCUT2D eigenvalue weighted by molar-refractivity contribution is 5.88. The van der Waals surface area contributed by atoms with E-state index >= 15 is 0 Å². The molecule has 10 nitrogen and oxygen atoms in total. The molecule has 4 aromatic rings. The van der Waals surface area contributed by atoms with Crippen LogP contribution in [-0.4, -0.2) is 69.6 Å². The van der Waals surface area contributed by atoms with Crippen LogP contribution in [0.2, 0.25) is 0 Å². The Hall–Kier alpha value is -3.60. The van der Waals surface area contributed by atoms with Crippen molar-refractivity contribution < 1.29 is 0 Å². The van der Waals surface area contributed by atoms with Crippen LogP contribution in [0.25, 0.3) is 22.2 Å². The van der Waals surface area contributed by atoms with Crippen molar-refractivity contribution in [3.05, 3.63) is 60.1 Å². The van der Waals surface area contributed by atoms with E-state index in [-0.39, 0.29) is 6.04 Å². The Morgan fingerprint density at radius 2 is 1.77 bits per heavy atom. The molecule has 2 fully saturated rings. The number of pyridine rings is 3. The van der Waals surface area contributed by atoms with E-state index in [1.165, 1.54) is 31.2 Å². The van der Waals surface area contributed by atoms with Crippen LogP contribution in [0.15, 0.2) is 43.1 Å². The first-order valence-electron chi connectivity index (χ1n) is 14.1. The zero-order valence-corrected chi connectivity index (χ0v) is 22.5. The Bertz CT molecular complexity index is 1450. The predicted octanol–water partition coefficient (Wildman–Crippen LogP) is 3.47. The average molecular weight is 525 g/mol. The molecular formula is C29H36N10. The first-order valence-corrected chi connectivity index (χ1v) is 14.1. The SMILES string of the molecule is CN1CCN(c2cncc3[nH]c(C4NNc5ncc(-c6cncc(CNCC7CCCC7)c6)cc54)nc23)CC1. The van der Waals surface area contributed by atoms with Gasteiger partial charge in [-0.2, -0.15) is 0 Å². The van der Waals surface area contributed by atoms with Crippen LogP contribution in [-0.2, 0) is 6.54 Å². The largest absolute Gasteiger partial charge is 0.366 e. The van der Waals surface area contributed by atoms with E-state index in [4.69, 9.17) is 9.97 Å². The van der Waals surface area contributed by atoms with Gasteiger partial charge >= 0.3 is 0 Å². The molecule has 1 aliphatic carbocycles. The quantitative estimate of drug-likeness (QED) is 0.289. The molecule has 3 aliphatic rings. The van der Waals surface area contributed by atoms with E-state index in [0.29, 0.717) is 0 Å². The third-order valence-electron chi connectivity index (χ3n) is 8.44. The molecule has 10 heteroatoms. The minimum absolute atomic E-state index is 0.149. The van der Waals surface area contributed by atoms with Gasteiger partial charge in [-0.3, -0.25) is 9.97 Å². The highest BCUT2D eigenvalue weighted by atomic mass is 15.4. The summed E-state index contributed by atoms with van der Waals surface area (Å²) in [6, 6.07) is 4.27. The van der Waals surface area contributed by atoms with Gasteiger partial charge in [0.2, 0.25) is 0 Å². The lowest BCUT2D eigenvalue weighted by Gasteiger charge is -2.33. The van der Waals surface area contributed by atoms with Gasteiger partial charge in [-0.15, -0.1) is 0 Å². The third-order valence-corrected chi connectivity index (χ3v) is 8.44. The number of nitrogens with zero attached hydrogens (tertiary/aromatic N) is 6. The molecule has 0 spiro atoms. The number of hydrazine groups is 1. The zero-order chi connectivity index (χ0) is 26.2. The fraction of sp³-hybridized carbons (Fsp3) is 0.448. The minimum atomic E-state index is -0.149. The molecule has 1 atom stereocenters. The van der Waals surface area contributed by atoms with Crippen LogP contribution in [0.3, 0.4) is 0 Å². The second kappa shape index (κ2) is 10.5. The van der Waals surface area contributed by atoms with Crippen LogP contribution in [0.1, 0.15) is 48.7 Å². The van der Waals surface area contributed by atoms with Crippen molar-refractivity contribution in [2.24, 2.45) is 5.92 Å². The molecular weight excluding hydrogens is 488 g/mol. The Labute approximate surface area is 228 Å². The maximum atomic E-state index is 5.07. The van der Waals surface area contributed by atoms with Gasteiger partial charge < -0.3 is 25.5 Å². The van der Waals surface area contributed by atoms with Crippen molar-refractivity contribution in [3.8, 4) is 11.1 Å². The number of imidazole rings is 1. The first-order chi connectivity index (χ1) is 19.2. The molecule has 0 aromatic carbocycles. The molecule has 1 saturated carbocycles. The summed E-state index contributed by atoms with van der Waals surface area (Å²) in [5, 5.41) is 3.64. The maximum Gasteiger partial charge on any atom is 0.145 e. The Morgan fingerprint density at radius 3 is 2.64 bits per heavy atom. The Morgan fingerprint density at radius 1 is 0.949 bits per heavy atom. The summed E-state index contributed by atoms with van der Waals surface area (Å²) in [4.78, 5) is 27.1. The van der Waals surface area contributed by atoms with E-state index in [2.05, 4.69) is 60.1 Å². The predicted molar refractivity (Wildman–Crippen MR) is 153 cm³/mol. The molecule has 202 valence electrons. The molecule has 0 radical (unpaired) electrons. The van der Waals surface area contributed by atoms with Crippen LogP contribution in [0.5, 0.6) is 0 Å². The Balaban J connectivity index is 1.12. The standard InChI is InChI=1S/C29H36N10/c1-38-6-8-39(9-7-38)25-18-32-17-24-27(25)35-29(34-24)26-23-11-22(16-33-28(23)37-36-26)21-10-20(14-31-15-21)13-30-12-19-4-2-3-5-19/h10-11,14-19,26,30,36H,2-9,12-13H2,1H3,(H,33,37)(H,34,35). The lowest BCUT2D eigenvalue weighted by Crippen LogP contribution is -2.44. The van der Waals surface area contributed by atoms with Gasteiger partial charge in [0.05, 0.1) is 23.6 Å². The molecule has 4 N–H and O–H groups in total. The van der Waals surface area contributed by atoms with Crippen LogP contribution in [0.4, 0.5) is 11.5 Å². The van der Waals surface area contributed by atoms with Gasteiger partial charge in [0.25, 0.3) is 0 Å². The monoisotopic (exact) mass is 524 g/mol. The van der Waals surface area contributed by atoms with Crippen LogP contribution < -0.4 is 21.1 Å². The minimum Gasteiger partial charge on any atom is -0.366 e. The van der Waals surface area contributed by atoms with Crippen molar-refractivity contribution in [1.29, 1.82) is 0 Å². The van der Waals surface area contributed by atoms with Crippen molar-refractivity contribution >= 4 is 22.5 Å². The summed E-state index contributed by atoms with van der Waals surface area (Å²) in [7, 11) is 2.17. The van der Waals surface area contributed by atoms with Crippen molar-refractivity contribution in [2.45, 2.75) is 38.3 Å². The van der Waals surface area contributed by atoms with Crippen molar-refractivity contribution in [1.82, 2.24) is 40.6 Å². The van der Waals surface area contributed by atoms with E-state index in [1.54, 1.807) is 0 Å². The number of aromatic nitrogens is 5. The lowest BCUT2D eigenvalue weighted by molar-refractivity contribution is 0.313. The molecule has 1 unspecified atom stereocenters. The van der Waals surface area contributed by atoms with Crippen molar-refractivity contribution in [2.75, 3.05) is 50.1 Å². The fourth-order valence-corrected chi connectivity index (χ4v) is 6.13. The topological polar surface area (TPSA) is 110 Å². The van der Waals surface area contributed by atoms with Gasteiger partial charge in [-0.05, 0) is 50.0 Å². The average Bonchev–Trinajstić information content (AvgIpc) is 3.73. The molecule has 0 amide bonds. The molecule has 1 saturated heterocycles. The lowest BCUT2D eigenvalue weighted by atomic mass is 10.0. The summed E-state index contributed by atoms with van der Waals surface area (Å²) in [5.41, 5.74) is 14.0. The van der Waals surface area contributed by atoms with Crippen LogP contribution >= 0.6 is 0 Å². The molecule has 7 rings (SSSR count). The number of rotatable bonds is 7. The molecule has 2 aliphatic heterocycles. The van der Waals surface area contributed by atoms with Crippen LogP contribution in [0, 0.1) is 5.92 Å². The van der Waals surface area contributed by atoms with E-state index in [1.807, 2.05) is 31.0 Å². The highest BCUT2D eigenvalue weighted by Gasteiger charge is 2.29. The van der Waals surface area contributed by atoms with Gasteiger partial charge in [0, 0.05) is 68.0 Å². The fourth-order valence-electron chi connectivity index (χ4n) is 6.13. The van der Waals surface area contributed by atoms with Gasteiger partial charge in [-0.25, -0.2) is 15.4 Å². The van der Waals surface area contributed by atoms with Gasteiger partial charge in [-0.1, -0.05) is 12.8 Å². The summed E-state index contributed by atoms with van der Waals surface area (Å²) in [6.45, 7) is 5.95. The second-order valence-corrected chi connectivity index (χ2v) is 11.2. The first kappa shape index (κ1) is 24.4. The third kappa shape index (κ3) is 4.95. The van der Waals surface area contributed by atoms with Gasteiger partial charge in [0.15, 0.2) is 0 Å². The highest BCUT2D eigenvalue weighted by Crippen LogP contribution is 2.35. The summed E-state index contributed by atoms with van der Waals surface area (Å²) >= 11 is 0. The number of anilines is 2. The maximum absolute atomic E-state index is 5.07. The molecule has 39 heavy (non-hydrogen) atoms. The molecule has 6 heterocycles. The number of likely N-dealkylation sites (N-methyl/N-ethyl adjacent to an activating group) is 1. The number of fused-ring (bicyclic) bond motifs is 2. The summed E-state index contributed by atoms with van der Waals surface area (Å²) < 4.78 is 0. The van der Waals surface area contributed by atoms with E-state index in [0.717, 1.165) is 90.2 Å². The van der Waals surface area contributed by atoms with E-state index < -0.39 is 0 Å². The number of piperazine rings is 1. The molecule has 0 bridgehead atoms. The normalized spacial score (nSPS) is 20.0. The zero-order valence-electron chi connectivity index (χ0n) is 22.5. The second-order valence-electron chi connectivity index (χ2n) is 11.2. The number of nitrogens with one attached hydrogen (secondary N) is 4. The van der Waals surface area contributed by atoms with Crippen molar-refractivity contribution in [3.63, 3.8) is 0 Å². The van der Waals surface area contributed by atoms with Gasteiger partial charge in [0.1, 0.15) is 23.2 Å². The number of hydrogen-bond acceptors (Lipinski definition) is 9. The summed E-state index contributed by atoms with van der Waals surface area (Å²) in [6.07, 6.45) is 15.1. The number of aromatic amines is 1. The van der Waals surface area contributed by atoms with E-state index in [9.17, 15) is 0 Å². The smallest absolute Gasteiger partial charge is 0.145 e. The summed E-state index contributed by atoms with van der Waals surface area (Å²) in [5.74, 6) is 2.50. The molecule has 4 aromatic heterocycles.